The summed E-state index contributed by atoms with van der Waals surface area (Å²) in [4.78, 5) is 40.4. The zero-order valence-corrected chi connectivity index (χ0v) is 22.6. The number of carbonyl (C=O) groups excluding carboxylic acids is 2. The standard InChI is InChI=1S/C28H30ClFN2O5/c1-27(2,3)37-26(35)32(7)23-14-24(33)31(6)15-21(23)20-12-16(28(4,5)36)8-10-18(20)25(34)19-11-9-17(30)13-22(19)29/h8-15,36H,1-7H3. The van der Waals surface area contributed by atoms with Crippen LogP contribution in [-0.4, -0.2) is 34.2 Å². The summed E-state index contributed by atoms with van der Waals surface area (Å²) in [7, 11) is 3.01. The first-order valence-electron chi connectivity index (χ1n) is 11.5. The Morgan fingerprint density at radius 3 is 2.19 bits per heavy atom. The number of pyridine rings is 1. The van der Waals surface area contributed by atoms with Gasteiger partial charge in [-0.05, 0) is 70.0 Å². The van der Waals surface area contributed by atoms with Gasteiger partial charge in [-0.25, -0.2) is 9.18 Å². The summed E-state index contributed by atoms with van der Waals surface area (Å²) in [5.74, 6) is -1.08. The number of amides is 1. The highest BCUT2D eigenvalue weighted by atomic mass is 35.5. The minimum absolute atomic E-state index is 0.0610. The fourth-order valence-corrected chi connectivity index (χ4v) is 3.95. The average molecular weight is 529 g/mol. The molecule has 9 heteroatoms. The maximum atomic E-state index is 13.7. The molecule has 0 unspecified atom stereocenters. The van der Waals surface area contributed by atoms with Crippen molar-refractivity contribution in [2.45, 2.75) is 45.8 Å². The Balaban J connectivity index is 2.32. The number of benzene rings is 2. The number of aliphatic hydroxyl groups is 1. The minimum Gasteiger partial charge on any atom is -0.443 e. The maximum Gasteiger partial charge on any atom is 0.414 e. The normalized spacial score (nSPS) is 11.8. The SMILES string of the molecule is CN(C(=O)OC(C)(C)C)c1cc(=O)n(C)cc1-c1cc(C(C)(C)O)ccc1C(=O)c1ccc(F)cc1Cl. The van der Waals surface area contributed by atoms with Crippen LogP contribution in [0.2, 0.25) is 5.02 Å². The van der Waals surface area contributed by atoms with E-state index in [1.807, 2.05) is 0 Å². The molecule has 0 atom stereocenters. The van der Waals surface area contributed by atoms with Crippen LogP contribution in [-0.2, 0) is 17.4 Å². The number of hydrogen-bond acceptors (Lipinski definition) is 5. The number of nitrogens with zero attached hydrogens (tertiary/aromatic N) is 2. The summed E-state index contributed by atoms with van der Waals surface area (Å²) in [6.45, 7) is 8.36. The lowest BCUT2D eigenvalue weighted by molar-refractivity contribution is 0.0589. The summed E-state index contributed by atoms with van der Waals surface area (Å²) in [5, 5.41) is 10.6. The molecule has 0 saturated heterocycles. The lowest BCUT2D eigenvalue weighted by Gasteiger charge is -2.27. The number of carbonyl (C=O) groups is 2. The Labute approximate surface area is 220 Å². The van der Waals surface area contributed by atoms with Gasteiger partial charge in [-0.3, -0.25) is 14.5 Å². The molecule has 0 aliphatic rings. The van der Waals surface area contributed by atoms with Gasteiger partial charge in [0.25, 0.3) is 5.56 Å². The van der Waals surface area contributed by atoms with Crippen LogP contribution in [0, 0.1) is 5.82 Å². The molecule has 1 aromatic heterocycles. The van der Waals surface area contributed by atoms with E-state index in [0.717, 1.165) is 12.1 Å². The number of rotatable bonds is 5. The highest BCUT2D eigenvalue weighted by Gasteiger charge is 2.27. The van der Waals surface area contributed by atoms with Crippen molar-refractivity contribution in [1.82, 2.24) is 4.57 Å². The highest BCUT2D eigenvalue weighted by Crippen LogP contribution is 2.37. The average Bonchev–Trinajstić information content (AvgIpc) is 2.77. The summed E-state index contributed by atoms with van der Waals surface area (Å²) >= 11 is 6.19. The van der Waals surface area contributed by atoms with Gasteiger partial charge in [-0.15, -0.1) is 0 Å². The summed E-state index contributed by atoms with van der Waals surface area (Å²) < 4.78 is 20.5. The first-order valence-corrected chi connectivity index (χ1v) is 11.9. The monoisotopic (exact) mass is 528 g/mol. The summed E-state index contributed by atoms with van der Waals surface area (Å²) in [6.07, 6.45) is 0.806. The fourth-order valence-electron chi connectivity index (χ4n) is 3.70. The maximum absolute atomic E-state index is 13.7. The van der Waals surface area contributed by atoms with Crippen molar-refractivity contribution in [3.8, 4) is 11.1 Å². The van der Waals surface area contributed by atoms with E-state index in [9.17, 15) is 23.9 Å². The van der Waals surface area contributed by atoms with Crippen LogP contribution < -0.4 is 10.5 Å². The van der Waals surface area contributed by atoms with Gasteiger partial charge >= 0.3 is 6.09 Å². The van der Waals surface area contributed by atoms with Crippen molar-refractivity contribution >= 4 is 29.2 Å². The smallest absolute Gasteiger partial charge is 0.414 e. The Hall–Kier alpha value is -3.49. The molecular weight excluding hydrogens is 499 g/mol. The summed E-state index contributed by atoms with van der Waals surface area (Å²) in [5.41, 5.74) is -0.787. The fraction of sp³-hybridized carbons (Fsp3) is 0.321. The predicted octanol–water partition coefficient (Wildman–Crippen LogP) is 5.67. The van der Waals surface area contributed by atoms with Gasteiger partial charge in [-0.1, -0.05) is 23.7 Å². The molecule has 1 amide bonds. The number of aromatic nitrogens is 1. The molecule has 1 heterocycles. The van der Waals surface area contributed by atoms with Gasteiger partial charge < -0.3 is 14.4 Å². The zero-order valence-electron chi connectivity index (χ0n) is 21.8. The van der Waals surface area contributed by atoms with Crippen molar-refractivity contribution in [3.63, 3.8) is 0 Å². The highest BCUT2D eigenvalue weighted by molar-refractivity contribution is 6.35. The predicted molar refractivity (Wildman–Crippen MR) is 142 cm³/mol. The molecular formula is C28H30ClFN2O5. The van der Waals surface area contributed by atoms with Crippen molar-refractivity contribution in [2.75, 3.05) is 11.9 Å². The van der Waals surface area contributed by atoms with Gasteiger partial charge in [0.15, 0.2) is 5.78 Å². The lowest BCUT2D eigenvalue weighted by Crippen LogP contribution is -2.35. The van der Waals surface area contributed by atoms with E-state index in [2.05, 4.69) is 0 Å². The van der Waals surface area contributed by atoms with Gasteiger partial charge in [0.2, 0.25) is 0 Å². The lowest BCUT2D eigenvalue weighted by atomic mass is 9.88. The number of hydrogen-bond donors (Lipinski definition) is 1. The molecule has 1 N–H and O–H groups in total. The quantitative estimate of drug-likeness (QED) is 0.431. The Bertz CT molecular complexity index is 1430. The third kappa shape index (κ3) is 6.26. The molecule has 3 rings (SSSR count). The van der Waals surface area contributed by atoms with E-state index in [0.29, 0.717) is 16.7 Å². The van der Waals surface area contributed by atoms with E-state index in [1.165, 1.54) is 40.9 Å². The summed E-state index contributed by atoms with van der Waals surface area (Å²) in [6, 6.07) is 9.51. The van der Waals surface area contributed by atoms with Gasteiger partial charge in [0.05, 0.1) is 16.3 Å². The van der Waals surface area contributed by atoms with Crippen molar-refractivity contribution in [1.29, 1.82) is 0 Å². The van der Waals surface area contributed by atoms with Crippen LogP contribution in [0.1, 0.15) is 56.1 Å². The van der Waals surface area contributed by atoms with E-state index >= 15 is 0 Å². The first kappa shape index (κ1) is 28.1. The molecule has 196 valence electrons. The number of aryl methyl sites for hydroxylation is 1. The second kappa shape index (κ2) is 10.1. The van der Waals surface area contributed by atoms with Gasteiger partial charge in [-0.2, -0.15) is 0 Å². The van der Waals surface area contributed by atoms with Crippen LogP contribution >= 0.6 is 11.6 Å². The van der Waals surface area contributed by atoms with E-state index < -0.39 is 28.9 Å². The molecule has 3 aromatic rings. The van der Waals surface area contributed by atoms with Crippen molar-refractivity contribution in [3.05, 3.63) is 86.5 Å². The molecule has 0 aliphatic carbocycles. The molecule has 0 fully saturated rings. The number of anilines is 1. The van der Waals surface area contributed by atoms with E-state index in [-0.39, 0.29) is 27.4 Å². The molecule has 2 aromatic carbocycles. The molecule has 7 nitrogen and oxygen atoms in total. The van der Waals surface area contributed by atoms with Crippen LogP contribution in [0.5, 0.6) is 0 Å². The minimum atomic E-state index is -1.26. The Kier molecular flexibility index (Phi) is 7.67. The number of ether oxygens (including phenoxy) is 1. The Morgan fingerprint density at radius 2 is 1.62 bits per heavy atom. The third-order valence-corrected chi connectivity index (χ3v) is 5.98. The molecule has 0 aliphatic heterocycles. The van der Waals surface area contributed by atoms with E-state index in [4.69, 9.17) is 16.3 Å². The second-order valence-corrected chi connectivity index (χ2v) is 10.7. The van der Waals surface area contributed by atoms with Crippen molar-refractivity contribution < 1.29 is 23.8 Å². The largest absolute Gasteiger partial charge is 0.443 e. The molecule has 0 saturated carbocycles. The third-order valence-electron chi connectivity index (χ3n) is 5.67. The van der Waals surface area contributed by atoms with Crippen LogP contribution in [0.3, 0.4) is 0 Å². The van der Waals surface area contributed by atoms with E-state index in [1.54, 1.807) is 53.8 Å². The Morgan fingerprint density at radius 1 is 1.00 bits per heavy atom. The van der Waals surface area contributed by atoms with Crippen molar-refractivity contribution in [2.24, 2.45) is 7.05 Å². The van der Waals surface area contributed by atoms with Gasteiger partial charge in [0, 0.05) is 43.0 Å². The molecule has 0 bridgehead atoms. The van der Waals surface area contributed by atoms with Gasteiger partial charge in [0.1, 0.15) is 11.4 Å². The van der Waals surface area contributed by atoms with Crippen LogP contribution in [0.4, 0.5) is 14.9 Å². The second-order valence-electron chi connectivity index (χ2n) is 10.3. The first-order chi connectivity index (χ1) is 17.0. The molecule has 0 radical (unpaired) electrons. The number of ketones is 1. The molecule has 37 heavy (non-hydrogen) atoms. The topological polar surface area (TPSA) is 88.8 Å². The zero-order chi connectivity index (χ0) is 27.9. The number of halogens is 2. The van der Waals surface area contributed by atoms with Crippen LogP contribution in [0.15, 0.2) is 53.5 Å². The molecule has 0 spiro atoms. The van der Waals surface area contributed by atoms with Crippen LogP contribution in [0.25, 0.3) is 11.1 Å².